The van der Waals surface area contributed by atoms with Crippen molar-refractivity contribution in [1.29, 1.82) is 5.26 Å². The number of imidazole rings is 1. The molecular weight excluding hydrogens is 382 g/mol. The third-order valence-electron chi connectivity index (χ3n) is 6.94. The summed E-state index contributed by atoms with van der Waals surface area (Å²) in [6, 6.07) is 21.3. The summed E-state index contributed by atoms with van der Waals surface area (Å²) < 4.78 is 2.20. The molecule has 1 unspecified atom stereocenters. The van der Waals surface area contributed by atoms with Crippen LogP contribution >= 0.6 is 0 Å². The molecule has 1 aliphatic heterocycles. The number of benzene rings is 2. The minimum atomic E-state index is -0.407. The van der Waals surface area contributed by atoms with Crippen molar-refractivity contribution in [2.24, 2.45) is 13.0 Å². The summed E-state index contributed by atoms with van der Waals surface area (Å²) in [7, 11) is 2.11. The number of aromatic nitrogens is 2. The maximum Gasteiger partial charge on any atom is 0.206 e. The van der Waals surface area contributed by atoms with E-state index in [0.717, 1.165) is 62.6 Å². The summed E-state index contributed by atoms with van der Waals surface area (Å²) in [4.78, 5) is 9.79. The molecule has 1 aliphatic rings. The zero-order chi connectivity index (χ0) is 21.8. The molecule has 1 aromatic heterocycles. The summed E-state index contributed by atoms with van der Waals surface area (Å²) in [5.74, 6) is 1.35. The molecule has 2 heterocycles. The molecular formula is C26H33N5. The Morgan fingerprint density at radius 3 is 2.32 bits per heavy atom. The average molecular weight is 416 g/mol. The van der Waals surface area contributed by atoms with Gasteiger partial charge >= 0.3 is 0 Å². The largest absolute Gasteiger partial charge is 0.340 e. The van der Waals surface area contributed by atoms with E-state index in [1.54, 1.807) is 0 Å². The first kappa shape index (κ1) is 21.4. The van der Waals surface area contributed by atoms with E-state index in [2.05, 4.69) is 71.7 Å². The van der Waals surface area contributed by atoms with E-state index >= 15 is 0 Å². The smallest absolute Gasteiger partial charge is 0.206 e. The van der Waals surface area contributed by atoms with E-state index in [4.69, 9.17) is 4.98 Å². The lowest BCUT2D eigenvalue weighted by molar-refractivity contribution is 0.238. The van der Waals surface area contributed by atoms with Crippen molar-refractivity contribution in [2.75, 3.05) is 37.6 Å². The van der Waals surface area contributed by atoms with Crippen molar-refractivity contribution in [1.82, 2.24) is 14.5 Å². The molecule has 0 bridgehead atoms. The van der Waals surface area contributed by atoms with Gasteiger partial charge in [-0.25, -0.2) is 4.98 Å². The van der Waals surface area contributed by atoms with Gasteiger partial charge in [0, 0.05) is 33.2 Å². The maximum absolute atomic E-state index is 10.1. The lowest BCUT2D eigenvalue weighted by Gasteiger charge is -2.36. The third kappa shape index (κ3) is 4.18. The number of fused-ring (bicyclic) bond motifs is 1. The van der Waals surface area contributed by atoms with Crippen molar-refractivity contribution in [3.05, 3.63) is 60.2 Å². The first-order valence-electron chi connectivity index (χ1n) is 11.4. The highest BCUT2D eigenvalue weighted by molar-refractivity contribution is 5.78. The summed E-state index contributed by atoms with van der Waals surface area (Å²) >= 11 is 0. The summed E-state index contributed by atoms with van der Waals surface area (Å²) in [5.41, 5.74) is 2.99. The van der Waals surface area contributed by atoms with Crippen LogP contribution in [0.5, 0.6) is 0 Å². The molecule has 0 N–H and O–H groups in total. The van der Waals surface area contributed by atoms with Crippen molar-refractivity contribution in [3.63, 3.8) is 0 Å². The molecule has 1 saturated heterocycles. The average Bonchev–Trinajstić information content (AvgIpc) is 3.14. The second-order valence-electron chi connectivity index (χ2n) is 9.00. The van der Waals surface area contributed by atoms with Gasteiger partial charge < -0.3 is 9.47 Å². The van der Waals surface area contributed by atoms with Crippen LogP contribution in [0, 0.1) is 17.2 Å². The van der Waals surface area contributed by atoms with Crippen LogP contribution in [0.2, 0.25) is 0 Å². The molecule has 162 valence electrons. The zero-order valence-electron chi connectivity index (χ0n) is 19.0. The minimum Gasteiger partial charge on any atom is -0.340 e. The van der Waals surface area contributed by atoms with Gasteiger partial charge in [-0.1, -0.05) is 56.3 Å². The quantitative estimate of drug-likeness (QED) is 0.566. The van der Waals surface area contributed by atoms with Gasteiger partial charge in [0.2, 0.25) is 5.95 Å². The van der Waals surface area contributed by atoms with E-state index in [0.29, 0.717) is 0 Å². The number of aryl methyl sites for hydroxylation is 1. The molecule has 1 fully saturated rings. The van der Waals surface area contributed by atoms with Crippen molar-refractivity contribution < 1.29 is 0 Å². The highest BCUT2D eigenvalue weighted by Gasteiger charge is 2.35. The summed E-state index contributed by atoms with van der Waals surface area (Å²) in [6.45, 7) is 9.44. The predicted octanol–water partition coefficient (Wildman–Crippen LogP) is 4.59. The Hall–Kier alpha value is -2.84. The number of hydrogen-bond acceptors (Lipinski definition) is 4. The Balaban J connectivity index is 1.35. The normalized spacial score (nSPS) is 17.1. The van der Waals surface area contributed by atoms with Gasteiger partial charge in [0.1, 0.15) is 0 Å². The molecule has 3 aromatic rings. The number of piperazine rings is 1. The molecule has 0 spiro atoms. The lowest BCUT2D eigenvalue weighted by Crippen LogP contribution is -2.47. The van der Waals surface area contributed by atoms with Crippen LogP contribution in [0.25, 0.3) is 11.0 Å². The Labute approximate surface area is 185 Å². The topological polar surface area (TPSA) is 48.1 Å². The van der Waals surface area contributed by atoms with E-state index in [-0.39, 0.29) is 5.92 Å². The number of anilines is 1. The highest BCUT2D eigenvalue weighted by Crippen LogP contribution is 2.36. The Morgan fingerprint density at radius 1 is 1.00 bits per heavy atom. The number of rotatable bonds is 7. The first-order chi connectivity index (χ1) is 15.0. The van der Waals surface area contributed by atoms with Crippen molar-refractivity contribution in [3.8, 4) is 6.07 Å². The third-order valence-corrected chi connectivity index (χ3v) is 6.94. The number of hydrogen-bond donors (Lipinski definition) is 0. The SMILES string of the molecule is CC(C)C(C#N)(CCCN1CCN(c2nc3ccccc3n2C)CC1)c1ccccc1. The van der Waals surface area contributed by atoms with Crippen LogP contribution < -0.4 is 4.90 Å². The van der Waals surface area contributed by atoms with E-state index in [1.165, 1.54) is 5.52 Å². The molecule has 2 aromatic carbocycles. The molecule has 5 heteroatoms. The molecule has 1 atom stereocenters. The highest BCUT2D eigenvalue weighted by atomic mass is 15.3. The summed E-state index contributed by atoms with van der Waals surface area (Å²) in [5, 5.41) is 10.1. The van der Waals surface area contributed by atoms with Crippen LogP contribution in [0.15, 0.2) is 54.6 Å². The molecule has 0 aliphatic carbocycles. The van der Waals surface area contributed by atoms with Crippen LogP contribution in [-0.4, -0.2) is 47.2 Å². The van der Waals surface area contributed by atoms with E-state index in [9.17, 15) is 5.26 Å². The number of nitrogens with zero attached hydrogens (tertiary/aromatic N) is 5. The van der Waals surface area contributed by atoms with Gasteiger partial charge in [0.15, 0.2) is 0 Å². The molecule has 31 heavy (non-hydrogen) atoms. The minimum absolute atomic E-state index is 0.286. The van der Waals surface area contributed by atoms with Gasteiger partial charge in [-0.15, -0.1) is 0 Å². The Kier molecular flexibility index (Phi) is 6.29. The van der Waals surface area contributed by atoms with Gasteiger partial charge in [-0.2, -0.15) is 5.26 Å². The lowest BCUT2D eigenvalue weighted by atomic mass is 9.70. The van der Waals surface area contributed by atoms with Crippen LogP contribution in [-0.2, 0) is 12.5 Å². The van der Waals surface area contributed by atoms with Gasteiger partial charge in [0.25, 0.3) is 0 Å². The number of para-hydroxylation sites is 2. The molecule has 5 nitrogen and oxygen atoms in total. The maximum atomic E-state index is 10.1. The van der Waals surface area contributed by atoms with E-state index < -0.39 is 5.41 Å². The molecule has 0 amide bonds. The van der Waals surface area contributed by atoms with Crippen molar-refractivity contribution in [2.45, 2.75) is 32.1 Å². The molecule has 0 saturated carbocycles. The van der Waals surface area contributed by atoms with Gasteiger partial charge in [0.05, 0.1) is 22.5 Å². The standard InChI is InChI=1S/C26H33N5/c1-21(2)26(20-27,22-10-5-4-6-11-22)14-9-15-30-16-18-31(19-17-30)25-28-23-12-7-8-13-24(23)29(25)3/h4-8,10-13,21H,9,14-19H2,1-3H3. The van der Waals surface area contributed by atoms with Crippen LogP contribution in [0.3, 0.4) is 0 Å². The second kappa shape index (κ2) is 9.11. The van der Waals surface area contributed by atoms with Crippen LogP contribution in [0.1, 0.15) is 32.3 Å². The fourth-order valence-electron chi connectivity index (χ4n) is 4.92. The Morgan fingerprint density at radius 2 is 1.68 bits per heavy atom. The second-order valence-corrected chi connectivity index (χ2v) is 9.00. The Bertz CT molecular complexity index is 1040. The predicted molar refractivity (Wildman–Crippen MR) is 127 cm³/mol. The summed E-state index contributed by atoms with van der Waals surface area (Å²) in [6.07, 6.45) is 1.93. The molecule has 4 rings (SSSR count). The fraction of sp³-hybridized carbons (Fsp3) is 0.462. The van der Waals surface area contributed by atoms with Crippen molar-refractivity contribution >= 4 is 17.0 Å². The van der Waals surface area contributed by atoms with Gasteiger partial charge in [-0.3, -0.25) is 4.90 Å². The monoisotopic (exact) mass is 415 g/mol. The molecule has 0 radical (unpaired) electrons. The van der Waals surface area contributed by atoms with Crippen LogP contribution in [0.4, 0.5) is 5.95 Å². The zero-order valence-corrected chi connectivity index (χ0v) is 19.0. The number of nitriles is 1. The van der Waals surface area contributed by atoms with E-state index in [1.807, 2.05) is 24.3 Å². The fourth-order valence-corrected chi connectivity index (χ4v) is 4.92. The van der Waals surface area contributed by atoms with Gasteiger partial charge in [-0.05, 0) is 43.0 Å². The first-order valence-corrected chi connectivity index (χ1v) is 11.4.